The molecule has 0 saturated carbocycles. The molecular formula is C25H27Cl2NO. The van der Waals surface area contributed by atoms with Gasteiger partial charge in [0.25, 0.3) is 5.91 Å². The number of amides is 1. The molecule has 3 rings (SSSR count). The molecule has 0 atom stereocenters. The lowest BCUT2D eigenvalue weighted by atomic mass is 9.70. The molecule has 0 heterocycles. The number of carbonyl (C=O) groups excluding carboxylic acids is 1. The zero-order valence-electron chi connectivity index (χ0n) is 17.4. The van der Waals surface area contributed by atoms with Crippen molar-refractivity contribution in [2.45, 2.75) is 47.0 Å². The highest BCUT2D eigenvalue weighted by atomic mass is 35.5. The predicted octanol–water partition coefficient (Wildman–Crippen LogP) is 8.18. The fraction of sp³-hybridized carbons (Fsp3) is 0.320. The number of nitrogens with one attached hydrogen (secondary N) is 1. The molecule has 1 aliphatic rings. The van der Waals surface area contributed by atoms with Gasteiger partial charge < -0.3 is 5.32 Å². The van der Waals surface area contributed by atoms with Crippen molar-refractivity contribution in [2.75, 3.05) is 5.32 Å². The van der Waals surface area contributed by atoms with E-state index in [1.54, 1.807) is 23.8 Å². The van der Waals surface area contributed by atoms with Crippen LogP contribution in [0.15, 0.2) is 59.2 Å². The van der Waals surface area contributed by atoms with Crippen molar-refractivity contribution >= 4 is 40.9 Å². The first-order valence-electron chi connectivity index (χ1n) is 9.99. The van der Waals surface area contributed by atoms with Gasteiger partial charge in [-0.2, -0.15) is 0 Å². The van der Waals surface area contributed by atoms with Crippen LogP contribution >= 0.6 is 23.2 Å². The number of benzene rings is 2. The van der Waals surface area contributed by atoms with E-state index in [4.69, 9.17) is 23.2 Å². The third-order valence-corrected chi connectivity index (χ3v) is 6.37. The Bertz CT molecular complexity index is 984. The zero-order valence-corrected chi connectivity index (χ0v) is 18.9. The molecule has 0 radical (unpaired) electrons. The average molecular weight is 428 g/mol. The lowest BCUT2D eigenvalue weighted by Gasteiger charge is -2.35. The van der Waals surface area contributed by atoms with E-state index < -0.39 is 0 Å². The summed E-state index contributed by atoms with van der Waals surface area (Å²) in [5.41, 5.74) is 6.88. The van der Waals surface area contributed by atoms with Gasteiger partial charge in [-0.05, 0) is 78.6 Å². The van der Waals surface area contributed by atoms with Crippen LogP contribution < -0.4 is 5.32 Å². The number of halogens is 2. The molecule has 1 aliphatic carbocycles. The Kier molecular flexibility index (Phi) is 6.55. The van der Waals surface area contributed by atoms with E-state index in [-0.39, 0.29) is 11.3 Å². The van der Waals surface area contributed by atoms with Crippen molar-refractivity contribution < 1.29 is 4.79 Å². The standard InChI is InChI=1S/C25H27Cl2NO/c1-5-21-16(2)19(12-13-25(21,3)4)14-17-6-8-18(9-7-17)24(29)28-23-11-10-20(26)15-22(23)27/h6-11,14-15H,5,12-13H2,1-4H3,(H,28,29)/b19-14+. The third-order valence-electron chi connectivity index (χ3n) is 5.82. The Morgan fingerprint density at radius 3 is 2.45 bits per heavy atom. The number of hydrogen-bond donors (Lipinski definition) is 1. The molecule has 2 nitrogen and oxygen atoms in total. The molecule has 0 spiro atoms. The van der Waals surface area contributed by atoms with Crippen LogP contribution in [0.2, 0.25) is 10.0 Å². The van der Waals surface area contributed by atoms with Crippen molar-refractivity contribution in [3.8, 4) is 0 Å². The molecule has 2 aromatic rings. The highest BCUT2D eigenvalue weighted by Gasteiger charge is 2.29. The molecule has 29 heavy (non-hydrogen) atoms. The van der Waals surface area contributed by atoms with E-state index in [9.17, 15) is 4.79 Å². The van der Waals surface area contributed by atoms with Gasteiger partial charge in [0, 0.05) is 10.6 Å². The summed E-state index contributed by atoms with van der Waals surface area (Å²) in [6.45, 7) is 9.16. The number of allylic oxidation sites excluding steroid dienone is 3. The number of hydrogen-bond acceptors (Lipinski definition) is 1. The van der Waals surface area contributed by atoms with E-state index in [1.165, 1.54) is 17.6 Å². The summed E-state index contributed by atoms with van der Waals surface area (Å²) in [5.74, 6) is -0.197. The maximum Gasteiger partial charge on any atom is 0.255 e. The molecule has 1 N–H and O–H groups in total. The third kappa shape index (κ3) is 4.94. The first-order valence-corrected chi connectivity index (χ1v) is 10.7. The highest BCUT2D eigenvalue weighted by Crippen LogP contribution is 2.44. The van der Waals surface area contributed by atoms with Gasteiger partial charge in [-0.1, -0.05) is 67.8 Å². The van der Waals surface area contributed by atoms with Crippen LogP contribution in [0.25, 0.3) is 6.08 Å². The van der Waals surface area contributed by atoms with Crippen LogP contribution in [-0.4, -0.2) is 5.91 Å². The second kappa shape index (κ2) is 8.77. The highest BCUT2D eigenvalue weighted by molar-refractivity contribution is 6.36. The van der Waals surface area contributed by atoms with E-state index in [0.717, 1.165) is 18.4 Å². The Morgan fingerprint density at radius 1 is 1.14 bits per heavy atom. The van der Waals surface area contributed by atoms with Gasteiger partial charge in [0.05, 0.1) is 10.7 Å². The Hall–Kier alpha value is -2.03. The summed E-state index contributed by atoms with van der Waals surface area (Å²) in [5, 5.41) is 3.78. The minimum absolute atomic E-state index is 0.197. The summed E-state index contributed by atoms with van der Waals surface area (Å²) in [6, 6.07) is 12.7. The lowest BCUT2D eigenvalue weighted by Crippen LogP contribution is -2.21. The van der Waals surface area contributed by atoms with Crippen molar-refractivity contribution in [1.29, 1.82) is 0 Å². The van der Waals surface area contributed by atoms with Gasteiger partial charge in [0.1, 0.15) is 0 Å². The maximum atomic E-state index is 12.5. The maximum absolute atomic E-state index is 12.5. The van der Waals surface area contributed by atoms with Gasteiger partial charge in [-0.25, -0.2) is 0 Å². The largest absolute Gasteiger partial charge is 0.321 e. The molecular weight excluding hydrogens is 401 g/mol. The molecule has 0 unspecified atom stereocenters. The number of carbonyl (C=O) groups is 1. The molecule has 4 heteroatoms. The van der Waals surface area contributed by atoms with Crippen LogP contribution in [0, 0.1) is 5.41 Å². The topological polar surface area (TPSA) is 29.1 Å². The predicted molar refractivity (Wildman–Crippen MR) is 125 cm³/mol. The molecule has 152 valence electrons. The molecule has 0 bridgehead atoms. The number of rotatable bonds is 4. The van der Waals surface area contributed by atoms with Gasteiger partial charge in [0.15, 0.2) is 0 Å². The monoisotopic (exact) mass is 427 g/mol. The minimum Gasteiger partial charge on any atom is -0.321 e. The summed E-state index contributed by atoms with van der Waals surface area (Å²) in [7, 11) is 0. The van der Waals surface area contributed by atoms with Gasteiger partial charge in [-0.3, -0.25) is 4.79 Å². The first kappa shape index (κ1) is 21.7. The zero-order chi connectivity index (χ0) is 21.2. The molecule has 0 aromatic heterocycles. The van der Waals surface area contributed by atoms with E-state index in [1.807, 2.05) is 24.3 Å². The molecule has 0 saturated heterocycles. The smallest absolute Gasteiger partial charge is 0.255 e. The summed E-state index contributed by atoms with van der Waals surface area (Å²) in [6.07, 6.45) is 5.59. The lowest BCUT2D eigenvalue weighted by molar-refractivity contribution is 0.102. The SMILES string of the molecule is CCC1=C(C)/C(=C/c2ccc(C(=O)Nc3ccc(Cl)cc3Cl)cc2)CCC1(C)C. The van der Waals surface area contributed by atoms with E-state index >= 15 is 0 Å². The van der Waals surface area contributed by atoms with Crippen LogP contribution in [0.3, 0.4) is 0 Å². The first-order chi connectivity index (χ1) is 13.7. The summed E-state index contributed by atoms with van der Waals surface area (Å²) < 4.78 is 0. The van der Waals surface area contributed by atoms with Crippen molar-refractivity contribution in [3.05, 3.63) is 80.4 Å². The minimum atomic E-state index is -0.197. The van der Waals surface area contributed by atoms with Crippen LogP contribution in [0.5, 0.6) is 0 Å². The second-order valence-electron chi connectivity index (χ2n) is 8.21. The Balaban J connectivity index is 1.78. The summed E-state index contributed by atoms with van der Waals surface area (Å²) in [4.78, 5) is 12.5. The fourth-order valence-corrected chi connectivity index (χ4v) is 4.58. The molecule has 1 amide bonds. The quantitative estimate of drug-likeness (QED) is 0.523. The van der Waals surface area contributed by atoms with Crippen molar-refractivity contribution in [2.24, 2.45) is 5.41 Å². The van der Waals surface area contributed by atoms with Crippen LogP contribution in [0.1, 0.15) is 62.9 Å². The van der Waals surface area contributed by atoms with Crippen LogP contribution in [0.4, 0.5) is 5.69 Å². The van der Waals surface area contributed by atoms with Gasteiger partial charge in [0.2, 0.25) is 0 Å². The van der Waals surface area contributed by atoms with Gasteiger partial charge >= 0.3 is 0 Å². The fourth-order valence-electron chi connectivity index (χ4n) is 4.13. The van der Waals surface area contributed by atoms with E-state index in [0.29, 0.717) is 21.3 Å². The average Bonchev–Trinajstić information content (AvgIpc) is 2.67. The van der Waals surface area contributed by atoms with Gasteiger partial charge in [-0.15, -0.1) is 0 Å². The van der Waals surface area contributed by atoms with E-state index in [2.05, 4.69) is 39.1 Å². The molecule has 0 fully saturated rings. The normalized spacial score (nSPS) is 17.5. The van der Waals surface area contributed by atoms with Crippen molar-refractivity contribution in [1.82, 2.24) is 0 Å². The number of anilines is 1. The summed E-state index contributed by atoms with van der Waals surface area (Å²) >= 11 is 12.0. The molecule has 0 aliphatic heterocycles. The second-order valence-corrected chi connectivity index (χ2v) is 9.05. The van der Waals surface area contributed by atoms with Crippen molar-refractivity contribution in [3.63, 3.8) is 0 Å². The Labute approximate surface area is 183 Å². The van der Waals surface area contributed by atoms with Crippen LogP contribution in [-0.2, 0) is 0 Å². The molecule has 2 aromatic carbocycles. The Morgan fingerprint density at radius 2 is 1.83 bits per heavy atom.